The van der Waals surface area contributed by atoms with Gasteiger partial charge < -0.3 is 4.90 Å². The van der Waals surface area contributed by atoms with Crippen LogP contribution in [0.15, 0.2) is 84.9 Å². The monoisotopic (exact) mass is 489 g/mol. The molecule has 0 radical (unpaired) electrons. The lowest BCUT2D eigenvalue weighted by Gasteiger charge is -2.37. The molecule has 0 N–H and O–H groups in total. The van der Waals surface area contributed by atoms with Crippen molar-refractivity contribution in [3.05, 3.63) is 107 Å². The van der Waals surface area contributed by atoms with E-state index in [1.54, 1.807) is 0 Å². The van der Waals surface area contributed by atoms with E-state index in [2.05, 4.69) is 105 Å². The highest BCUT2D eigenvalue weighted by atomic mass is 32.2. The number of benzene rings is 3. The van der Waals surface area contributed by atoms with Crippen molar-refractivity contribution < 1.29 is 4.79 Å². The zero-order valence-corrected chi connectivity index (χ0v) is 22.1. The van der Waals surface area contributed by atoms with Gasteiger partial charge in [-0.25, -0.2) is 0 Å². The van der Waals surface area contributed by atoms with Crippen molar-refractivity contribution in [1.82, 2.24) is 4.90 Å². The number of hydrogen-bond acceptors (Lipinski definition) is 3. The molecule has 4 heteroatoms. The quantitative estimate of drug-likeness (QED) is 0.297. The van der Waals surface area contributed by atoms with Crippen LogP contribution in [0.1, 0.15) is 42.5 Å². The summed E-state index contributed by atoms with van der Waals surface area (Å²) in [7, 11) is 0. The van der Waals surface area contributed by atoms with E-state index in [0.29, 0.717) is 12.5 Å². The zero-order valence-electron chi connectivity index (χ0n) is 20.4. The normalized spacial score (nSPS) is 18.4. The summed E-state index contributed by atoms with van der Waals surface area (Å²) >= 11 is 3.86. The molecule has 0 spiro atoms. The first-order valence-electron chi connectivity index (χ1n) is 12.1. The summed E-state index contributed by atoms with van der Waals surface area (Å²) in [5, 5.41) is 0. The standard InChI is InChI=1S/C30H35NOS2/c1-23-14-16-26(17-15-23)21-34-30(2,3)28-18-27(22-33-20-25-12-8-5-9-13-25)29(32)31(28)19-24-10-6-4-7-11-24/h4-17,27-28H,18-22H2,1-3H3. The fourth-order valence-electron chi connectivity index (χ4n) is 4.60. The average molecular weight is 490 g/mol. The third kappa shape index (κ3) is 6.49. The van der Waals surface area contributed by atoms with Gasteiger partial charge >= 0.3 is 0 Å². The van der Waals surface area contributed by atoms with Crippen molar-refractivity contribution in [2.45, 2.75) is 56.0 Å². The van der Waals surface area contributed by atoms with Gasteiger partial charge in [0.15, 0.2) is 0 Å². The van der Waals surface area contributed by atoms with Gasteiger partial charge in [0.05, 0.1) is 0 Å². The van der Waals surface area contributed by atoms with Gasteiger partial charge in [-0.15, -0.1) is 11.8 Å². The van der Waals surface area contributed by atoms with Crippen LogP contribution in [0.25, 0.3) is 0 Å². The maximum atomic E-state index is 13.6. The first-order chi connectivity index (χ1) is 16.4. The topological polar surface area (TPSA) is 20.3 Å². The van der Waals surface area contributed by atoms with Gasteiger partial charge in [0.1, 0.15) is 0 Å². The molecule has 1 fully saturated rings. The Labute approximate surface area is 213 Å². The highest BCUT2D eigenvalue weighted by Gasteiger charge is 2.46. The third-order valence-electron chi connectivity index (χ3n) is 6.68. The van der Waals surface area contributed by atoms with Crippen molar-refractivity contribution in [2.75, 3.05) is 5.75 Å². The molecule has 178 valence electrons. The van der Waals surface area contributed by atoms with Crippen LogP contribution in [-0.2, 0) is 22.8 Å². The average Bonchev–Trinajstić information content (AvgIpc) is 3.16. The maximum absolute atomic E-state index is 13.6. The van der Waals surface area contributed by atoms with Crippen LogP contribution in [0.3, 0.4) is 0 Å². The summed E-state index contributed by atoms with van der Waals surface area (Å²) < 4.78 is -0.0336. The van der Waals surface area contributed by atoms with E-state index >= 15 is 0 Å². The SMILES string of the molecule is Cc1ccc(CSC(C)(C)C2CC(CSCc3ccccc3)C(=O)N2Cc2ccccc2)cc1. The van der Waals surface area contributed by atoms with E-state index in [1.807, 2.05) is 29.6 Å². The Kier molecular flexibility index (Phi) is 8.44. The molecule has 1 saturated heterocycles. The second-order valence-corrected chi connectivity index (χ2v) is 12.4. The number of nitrogens with zero attached hydrogens (tertiary/aromatic N) is 1. The van der Waals surface area contributed by atoms with Crippen molar-refractivity contribution in [3.8, 4) is 0 Å². The number of thioether (sulfide) groups is 2. The summed E-state index contributed by atoms with van der Waals surface area (Å²) in [6, 6.07) is 30.0. The van der Waals surface area contributed by atoms with Gasteiger partial charge in [-0.05, 0) is 43.9 Å². The van der Waals surface area contributed by atoms with Crippen LogP contribution < -0.4 is 0 Å². The summed E-state index contributed by atoms with van der Waals surface area (Å²) in [6.45, 7) is 7.46. The van der Waals surface area contributed by atoms with E-state index in [4.69, 9.17) is 0 Å². The molecule has 34 heavy (non-hydrogen) atoms. The van der Waals surface area contributed by atoms with Crippen LogP contribution >= 0.6 is 23.5 Å². The highest BCUT2D eigenvalue weighted by Crippen LogP contribution is 2.42. The second-order valence-electron chi connectivity index (χ2n) is 9.78. The Morgan fingerprint density at radius 1 is 0.824 bits per heavy atom. The fourth-order valence-corrected chi connectivity index (χ4v) is 6.85. The number of amides is 1. The molecule has 0 saturated carbocycles. The molecule has 0 aromatic heterocycles. The van der Waals surface area contributed by atoms with E-state index in [0.717, 1.165) is 23.7 Å². The predicted molar refractivity (Wildman–Crippen MR) is 148 cm³/mol. The minimum Gasteiger partial charge on any atom is -0.334 e. The van der Waals surface area contributed by atoms with E-state index in [1.165, 1.54) is 22.3 Å². The van der Waals surface area contributed by atoms with Crippen LogP contribution in [-0.4, -0.2) is 27.3 Å². The first kappa shape index (κ1) is 24.9. The molecule has 2 atom stereocenters. The summed E-state index contributed by atoms with van der Waals surface area (Å²) in [4.78, 5) is 15.8. The maximum Gasteiger partial charge on any atom is 0.227 e. The first-order valence-corrected chi connectivity index (χ1v) is 14.2. The molecule has 4 rings (SSSR count). The van der Waals surface area contributed by atoms with Gasteiger partial charge in [0.2, 0.25) is 5.91 Å². The molecule has 1 aliphatic rings. The number of rotatable bonds is 10. The molecule has 1 aliphatic heterocycles. The van der Waals surface area contributed by atoms with Crippen molar-refractivity contribution in [2.24, 2.45) is 5.92 Å². The lowest BCUT2D eigenvalue weighted by atomic mass is 9.97. The minimum atomic E-state index is -0.0336. The Balaban J connectivity index is 1.45. The zero-order chi connectivity index (χ0) is 24.0. The van der Waals surface area contributed by atoms with E-state index < -0.39 is 0 Å². The Hall–Kier alpha value is -2.17. The molecule has 2 nitrogen and oxygen atoms in total. The van der Waals surface area contributed by atoms with Gasteiger partial charge in [-0.1, -0.05) is 90.5 Å². The van der Waals surface area contributed by atoms with Crippen molar-refractivity contribution in [3.63, 3.8) is 0 Å². The van der Waals surface area contributed by atoms with E-state index in [-0.39, 0.29) is 16.7 Å². The smallest absolute Gasteiger partial charge is 0.227 e. The molecule has 3 aromatic carbocycles. The lowest BCUT2D eigenvalue weighted by Crippen LogP contribution is -2.45. The molecular weight excluding hydrogens is 454 g/mol. The second kappa shape index (κ2) is 11.5. The predicted octanol–water partition coefficient (Wildman–Crippen LogP) is 7.36. The number of hydrogen-bond donors (Lipinski definition) is 0. The molecule has 1 heterocycles. The highest BCUT2D eigenvalue weighted by molar-refractivity contribution is 7.99. The number of carbonyl (C=O) groups excluding carboxylic acids is 1. The van der Waals surface area contributed by atoms with Crippen molar-refractivity contribution >= 4 is 29.4 Å². The molecule has 0 bridgehead atoms. The van der Waals surface area contributed by atoms with Gasteiger partial charge in [-0.3, -0.25) is 4.79 Å². The Bertz CT molecular complexity index is 1050. The van der Waals surface area contributed by atoms with Gasteiger partial charge in [0, 0.05) is 40.5 Å². The Morgan fingerprint density at radius 2 is 1.41 bits per heavy atom. The summed E-state index contributed by atoms with van der Waals surface area (Å²) in [5.41, 5.74) is 5.17. The van der Waals surface area contributed by atoms with Crippen LogP contribution in [0.5, 0.6) is 0 Å². The summed E-state index contributed by atoms with van der Waals surface area (Å²) in [5.74, 6) is 3.21. The summed E-state index contributed by atoms with van der Waals surface area (Å²) in [6.07, 6.45) is 0.932. The molecule has 0 aliphatic carbocycles. The molecule has 3 aromatic rings. The van der Waals surface area contributed by atoms with Gasteiger partial charge in [-0.2, -0.15) is 11.8 Å². The van der Waals surface area contributed by atoms with E-state index in [9.17, 15) is 4.79 Å². The molecular formula is C30H35NOS2. The number of likely N-dealkylation sites (tertiary alicyclic amines) is 1. The lowest BCUT2D eigenvalue weighted by molar-refractivity contribution is -0.132. The Morgan fingerprint density at radius 3 is 2.06 bits per heavy atom. The molecule has 2 unspecified atom stereocenters. The van der Waals surface area contributed by atoms with Crippen LogP contribution in [0.2, 0.25) is 0 Å². The van der Waals surface area contributed by atoms with Crippen molar-refractivity contribution in [1.29, 1.82) is 0 Å². The number of aryl methyl sites for hydroxylation is 1. The number of carbonyl (C=O) groups is 1. The third-order valence-corrected chi connectivity index (χ3v) is 9.35. The molecule has 1 amide bonds. The van der Waals surface area contributed by atoms with Crippen LogP contribution in [0, 0.1) is 12.8 Å². The van der Waals surface area contributed by atoms with Crippen LogP contribution in [0.4, 0.5) is 0 Å². The fraction of sp³-hybridized carbons (Fsp3) is 0.367. The van der Waals surface area contributed by atoms with Gasteiger partial charge in [0.25, 0.3) is 0 Å². The largest absolute Gasteiger partial charge is 0.334 e. The minimum absolute atomic E-state index is 0.0336.